The first-order chi connectivity index (χ1) is 12.2. The summed E-state index contributed by atoms with van der Waals surface area (Å²) in [5.74, 6) is 0.0948. The Morgan fingerprint density at radius 1 is 0.800 bits per heavy atom. The molecule has 1 N–H and O–H groups in total. The minimum atomic E-state index is -0.0936. The Kier molecular flexibility index (Phi) is 18.0. The molecule has 4 heteroatoms. The van der Waals surface area contributed by atoms with E-state index in [2.05, 4.69) is 29.1 Å². The van der Waals surface area contributed by atoms with Crippen LogP contribution in [0.4, 0.5) is 0 Å². The molecule has 0 heterocycles. The van der Waals surface area contributed by atoms with E-state index < -0.39 is 0 Å². The van der Waals surface area contributed by atoms with Crippen molar-refractivity contribution < 1.29 is 14.3 Å². The molecule has 0 rings (SSSR count). The zero-order valence-electron chi connectivity index (χ0n) is 16.5. The fourth-order valence-corrected chi connectivity index (χ4v) is 2.63. The molecule has 0 aromatic carbocycles. The number of nitrogens with one attached hydrogen (secondary N) is 1. The van der Waals surface area contributed by atoms with E-state index >= 15 is 0 Å². The van der Waals surface area contributed by atoms with Crippen LogP contribution in [0.3, 0.4) is 0 Å². The summed E-state index contributed by atoms with van der Waals surface area (Å²) in [7, 11) is 1.45. The molecule has 25 heavy (non-hydrogen) atoms. The molecule has 0 aromatic heterocycles. The van der Waals surface area contributed by atoms with Gasteiger partial charge in [-0.1, -0.05) is 57.6 Å². The highest BCUT2D eigenvalue weighted by molar-refractivity contribution is 5.75. The summed E-state index contributed by atoms with van der Waals surface area (Å²) in [6.07, 6.45) is 19.3. The van der Waals surface area contributed by atoms with Crippen LogP contribution in [-0.4, -0.2) is 25.5 Å². The second-order valence-electron chi connectivity index (χ2n) is 6.66. The van der Waals surface area contributed by atoms with Gasteiger partial charge < -0.3 is 10.1 Å². The van der Waals surface area contributed by atoms with Crippen LogP contribution in [0.5, 0.6) is 0 Å². The molecule has 0 aromatic rings. The van der Waals surface area contributed by atoms with Gasteiger partial charge in [0, 0.05) is 19.4 Å². The van der Waals surface area contributed by atoms with Gasteiger partial charge in [-0.2, -0.15) is 0 Å². The molecule has 146 valence electrons. The van der Waals surface area contributed by atoms with E-state index in [1.807, 2.05) is 0 Å². The number of allylic oxidation sites excluding steroid dienone is 2. The lowest BCUT2D eigenvalue weighted by atomic mass is 10.1. The number of unbranched alkanes of at least 4 members (excludes halogenated alkanes) is 9. The van der Waals surface area contributed by atoms with Crippen molar-refractivity contribution in [1.29, 1.82) is 0 Å². The Balaban J connectivity index is 3.23. The van der Waals surface area contributed by atoms with Crippen LogP contribution in [-0.2, 0) is 14.3 Å². The van der Waals surface area contributed by atoms with E-state index in [-0.39, 0.29) is 11.9 Å². The van der Waals surface area contributed by atoms with E-state index in [1.165, 1.54) is 39.2 Å². The fraction of sp³-hybridized carbons (Fsp3) is 0.810. The van der Waals surface area contributed by atoms with E-state index in [1.54, 1.807) is 0 Å². The summed E-state index contributed by atoms with van der Waals surface area (Å²) in [5.41, 5.74) is 0. The summed E-state index contributed by atoms with van der Waals surface area (Å²) < 4.78 is 4.62. The van der Waals surface area contributed by atoms with Gasteiger partial charge in [-0.05, 0) is 38.5 Å². The molecule has 0 aliphatic rings. The number of carbonyl (C=O) groups excluding carboxylic acids is 2. The van der Waals surface area contributed by atoms with Gasteiger partial charge in [0.05, 0.1) is 7.11 Å². The van der Waals surface area contributed by atoms with Crippen molar-refractivity contribution in [2.24, 2.45) is 0 Å². The molecule has 0 aliphatic heterocycles. The monoisotopic (exact) mass is 353 g/mol. The van der Waals surface area contributed by atoms with Gasteiger partial charge in [-0.3, -0.25) is 9.59 Å². The van der Waals surface area contributed by atoms with Crippen molar-refractivity contribution in [2.45, 2.75) is 96.8 Å². The first-order valence-electron chi connectivity index (χ1n) is 10.2. The van der Waals surface area contributed by atoms with Gasteiger partial charge in [0.1, 0.15) is 0 Å². The van der Waals surface area contributed by atoms with Crippen LogP contribution in [0, 0.1) is 0 Å². The summed E-state index contributed by atoms with van der Waals surface area (Å²) in [6.45, 7) is 2.95. The Bertz CT molecular complexity index is 353. The smallest absolute Gasteiger partial charge is 0.305 e. The molecule has 0 unspecified atom stereocenters. The van der Waals surface area contributed by atoms with Crippen LogP contribution in [0.15, 0.2) is 12.2 Å². The van der Waals surface area contributed by atoms with Crippen molar-refractivity contribution in [1.82, 2.24) is 5.32 Å². The first-order valence-corrected chi connectivity index (χ1v) is 10.2. The maximum absolute atomic E-state index is 11.5. The molecule has 0 aliphatic carbocycles. The number of rotatable bonds is 17. The topological polar surface area (TPSA) is 55.4 Å². The molecule has 0 fully saturated rings. The Morgan fingerprint density at radius 2 is 1.40 bits per heavy atom. The lowest BCUT2D eigenvalue weighted by molar-refractivity contribution is -0.140. The highest BCUT2D eigenvalue weighted by Crippen LogP contribution is 2.10. The maximum Gasteiger partial charge on any atom is 0.305 e. The third-order valence-electron chi connectivity index (χ3n) is 4.27. The van der Waals surface area contributed by atoms with Gasteiger partial charge in [0.2, 0.25) is 5.91 Å². The van der Waals surface area contributed by atoms with Gasteiger partial charge in [0.25, 0.3) is 0 Å². The van der Waals surface area contributed by atoms with Crippen molar-refractivity contribution >= 4 is 11.9 Å². The van der Waals surface area contributed by atoms with Crippen molar-refractivity contribution in [3.05, 3.63) is 12.2 Å². The van der Waals surface area contributed by atoms with Gasteiger partial charge in [0.15, 0.2) is 0 Å². The van der Waals surface area contributed by atoms with Crippen LogP contribution in [0.2, 0.25) is 0 Å². The molecule has 1 amide bonds. The van der Waals surface area contributed by atoms with E-state index in [0.29, 0.717) is 12.8 Å². The maximum atomic E-state index is 11.5. The molecule has 0 atom stereocenters. The zero-order chi connectivity index (χ0) is 18.6. The molecule has 0 saturated carbocycles. The highest BCUT2D eigenvalue weighted by Gasteiger charge is 1.99. The van der Waals surface area contributed by atoms with Crippen molar-refractivity contribution in [2.75, 3.05) is 13.7 Å². The predicted molar refractivity (Wildman–Crippen MR) is 104 cm³/mol. The number of ether oxygens (including phenoxy) is 1. The van der Waals surface area contributed by atoms with Gasteiger partial charge in [-0.25, -0.2) is 0 Å². The van der Waals surface area contributed by atoms with Gasteiger partial charge in [-0.15, -0.1) is 0 Å². The summed E-state index contributed by atoms with van der Waals surface area (Å²) in [5, 5.41) is 2.95. The molecule has 0 spiro atoms. The Morgan fingerprint density at radius 3 is 2.04 bits per heavy atom. The average molecular weight is 354 g/mol. The van der Waals surface area contributed by atoms with Crippen LogP contribution < -0.4 is 5.32 Å². The standard InChI is InChI=1S/C21H39NO3/c1-3-4-19-22-20(23)17-15-13-11-9-7-5-6-8-10-12-14-16-18-21(24)25-2/h9,11H,3-8,10,12-19H2,1-2H3,(H,22,23)/b11-9-. The van der Waals surface area contributed by atoms with E-state index in [0.717, 1.165) is 51.5 Å². The number of carbonyl (C=O) groups is 2. The van der Waals surface area contributed by atoms with Crippen molar-refractivity contribution in [3.8, 4) is 0 Å². The average Bonchev–Trinajstić information content (AvgIpc) is 2.61. The molecular formula is C21H39NO3. The minimum absolute atomic E-state index is 0.0936. The second kappa shape index (κ2) is 19.0. The lowest BCUT2D eigenvalue weighted by Crippen LogP contribution is -2.23. The molecule has 0 radical (unpaired) electrons. The number of amides is 1. The third kappa shape index (κ3) is 18.9. The Hall–Kier alpha value is -1.32. The largest absolute Gasteiger partial charge is 0.469 e. The van der Waals surface area contributed by atoms with Gasteiger partial charge >= 0.3 is 5.97 Å². The normalized spacial score (nSPS) is 11.0. The number of esters is 1. The van der Waals surface area contributed by atoms with E-state index in [4.69, 9.17) is 0 Å². The second-order valence-corrected chi connectivity index (χ2v) is 6.66. The first kappa shape index (κ1) is 23.7. The molecule has 4 nitrogen and oxygen atoms in total. The number of hydrogen-bond acceptors (Lipinski definition) is 3. The molecular weight excluding hydrogens is 314 g/mol. The summed E-state index contributed by atoms with van der Waals surface area (Å²) >= 11 is 0. The third-order valence-corrected chi connectivity index (χ3v) is 4.27. The fourth-order valence-electron chi connectivity index (χ4n) is 2.63. The van der Waals surface area contributed by atoms with E-state index in [9.17, 15) is 9.59 Å². The predicted octanol–water partition coefficient (Wildman–Crippen LogP) is 5.31. The number of hydrogen-bond donors (Lipinski definition) is 1. The molecule has 0 saturated heterocycles. The highest BCUT2D eigenvalue weighted by atomic mass is 16.5. The zero-order valence-corrected chi connectivity index (χ0v) is 16.5. The molecule has 0 bridgehead atoms. The van der Waals surface area contributed by atoms with Crippen LogP contribution in [0.1, 0.15) is 96.8 Å². The summed E-state index contributed by atoms with van der Waals surface area (Å²) in [6, 6.07) is 0. The SMILES string of the molecule is CCCCNC(=O)CCC/C=C\CCCCCCCCCC(=O)OC. The quantitative estimate of drug-likeness (QED) is 0.219. The van der Waals surface area contributed by atoms with Crippen LogP contribution >= 0.6 is 0 Å². The van der Waals surface area contributed by atoms with Crippen LogP contribution in [0.25, 0.3) is 0 Å². The summed E-state index contributed by atoms with van der Waals surface area (Å²) in [4.78, 5) is 22.5. The number of methoxy groups -OCH3 is 1. The lowest BCUT2D eigenvalue weighted by Gasteiger charge is -2.02. The van der Waals surface area contributed by atoms with Crippen molar-refractivity contribution in [3.63, 3.8) is 0 Å². The minimum Gasteiger partial charge on any atom is -0.469 e. The Labute approximate surface area is 154 Å².